The number of β-lactam (4-membered cyclic amide) rings is 2. The highest BCUT2D eigenvalue weighted by atomic mass is 16.2. The van der Waals surface area contributed by atoms with E-state index in [9.17, 15) is 14.4 Å². The van der Waals surface area contributed by atoms with Gasteiger partial charge < -0.3 is 4.79 Å². The summed E-state index contributed by atoms with van der Waals surface area (Å²) < 4.78 is 0. The first-order valence-electron chi connectivity index (χ1n) is 3.28. The number of hydrogen-bond acceptors (Lipinski definition) is 4. The summed E-state index contributed by atoms with van der Waals surface area (Å²) in [6.07, 6.45) is 1.01. The van der Waals surface area contributed by atoms with Gasteiger partial charge in [0.15, 0.2) is 0 Å². The van der Waals surface area contributed by atoms with Crippen LogP contribution in [0.1, 0.15) is 12.8 Å². The summed E-state index contributed by atoms with van der Waals surface area (Å²) in [4.78, 5) is 31.0. The van der Waals surface area contributed by atoms with Gasteiger partial charge in [-0.1, -0.05) is 0 Å². The Morgan fingerprint density at radius 3 is 2.55 bits per heavy atom. The summed E-state index contributed by atoms with van der Waals surface area (Å²) in [6, 6.07) is 0. The molecule has 1 aliphatic rings. The molecule has 0 radical (unpaired) electrons. The molecule has 0 saturated carbocycles. The van der Waals surface area contributed by atoms with E-state index in [1.165, 1.54) is 0 Å². The number of nitrogens with one attached hydrogen (secondary N) is 1. The summed E-state index contributed by atoms with van der Waals surface area (Å²) in [5.41, 5.74) is 2.52. The highest BCUT2D eigenvalue weighted by Crippen LogP contribution is 2.06. The largest absolute Gasteiger partial charge is 0.303 e. The van der Waals surface area contributed by atoms with Crippen LogP contribution in [0.5, 0.6) is 0 Å². The van der Waals surface area contributed by atoms with Gasteiger partial charge in [-0.25, -0.2) is 10.4 Å². The fraction of sp³-hybridized carbons (Fsp3) is 0.500. The molecular weight excluding hydrogens is 148 g/mol. The van der Waals surface area contributed by atoms with Crippen LogP contribution in [-0.2, 0) is 14.4 Å². The van der Waals surface area contributed by atoms with Crippen molar-refractivity contribution in [3.05, 3.63) is 0 Å². The average Bonchev–Trinajstić information content (AvgIpc) is 1.98. The molecule has 5 heteroatoms. The highest BCUT2D eigenvalue weighted by molar-refractivity contribution is 6.14. The molecule has 0 spiro atoms. The number of rotatable bonds is 4. The van der Waals surface area contributed by atoms with Crippen molar-refractivity contribution in [1.29, 1.82) is 0 Å². The van der Waals surface area contributed by atoms with Crippen LogP contribution in [0.4, 0.5) is 0 Å². The Morgan fingerprint density at radius 2 is 2.09 bits per heavy atom. The Morgan fingerprint density at radius 1 is 1.45 bits per heavy atom. The lowest BCUT2D eigenvalue weighted by Gasteiger charge is -2.27. The SMILES string of the molecule is O=CCCNN1C(=O)CC1=O. The zero-order chi connectivity index (χ0) is 8.27. The molecule has 11 heavy (non-hydrogen) atoms. The number of amides is 2. The molecule has 1 aliphatic heterocycles. The number of hydrogen-bond donors (Lipinski definition) is 1. The van der Waals surface area contributed by atoms with Gasteiger partial charge in [0.2, 0.25) is 0 Å². The Kier molecular flexibility index (Phi) is 2.32. The lowest BCUT2D eigenvalue weighted by molar-refractivity contribution is -0.162. The predicted molar refractivity (Wildman–Crippen MR) is 35.2 cm³/mol. The maximum absolute atomic E-state index is 10.6. The first-order chi connectivity index (χ1) is 5.25. The predicted octanol–water partition coefficient (Wildman–Crippen LogP) is -1.16. The lowest BCUT2D eigenvalue weighted by Crippen LogP contribution is -2.56. The second-order valence-electron chi connectivity index (χ2n) is 2.16. The molecule has 0 atom stereocenters. The summed E-state index contributed by atoms with van der Waals surface area (Å²) in [7, 11) is 0. The summed E-state index contributed by atoms with van der Waals surface area (Å²) in [6.45, 7) is 0.334. The van der Waals surface area contributed by atoms with Crippen LogP contribution in [0.25, 0.3) is 0 Å². The van der Waals surface area contributed by atoms with Crippen molar-refractivity contribution in [3.8, 4) is 0 Å². The lowest BCUT2D eigenvalue weighted by atomic mass is 10.2. The van der Waals surface area contributed by atoms with Crippen LogP contribution >= 0.6 is 0 Å². The molecule has 5 nitrogen and oxygen atoms in total. The zero-order valence-electron chi connectivity index (χ0n) is 5.87. The number of nitrogens with zero attached hydrogens (tertiary/aromatic N) is 1. The smallest absolute Gasteiger partial charge is 0.253 e. The summed E-state index contributed by atoms with van der Waals surface area (Å²) in [5.74, 6) is -0.471. The van der Waals surface area contributed by atoms with Gasteiger partial charge in [0.05, 0.1) is 0 Å². The van der Waals surface area contributed by atoms with Gasteiger partial charge >= 0.3 is 0 Å². The molecule has 2 amide bonds. The molecule has 0 aromatic heterocycles. The second kappa shape index (κ2) is 3.25. The zero-order valence-corrected chi connectivity index (χ0v) is 5.87. The highest BCUT2D eigenvalue weighted by Gasteiger charge is 2.33. The fourth-order valence-corrected chi connectivity index (χ4v) is 0.747. The molecule has 0 aliphatic carbocycles. The van der Waals surface area contributed by atoms with Crippen LogP contribution in [0.3, 0.4) is 0 Å². The average molecular weight is 156 g/mol. The van der Waals surface area contributed by atoms with Crippen molar-refractivity contribution >= 4 is 18.1 Å². The Bertz CT molecular complexity index is 188. The van der Waals surface area contributed by atoms with Crippen molar-refractivity contribution < 1.29 is 14.4 Å². The van der Waals surface area contributed by atoms with Crippen LogP contribution in [0, 0.1) is 0 Å². The third kappa shape index (κ3) is 1.62. The molecule has 0 unspecified atom stereocenters. The second-order valence-corrected chi connectivity index (χ2v) is 2.16. The van der Waals surface area contributed by atoms with E-state index < -0.39 is 0 Å². The fourth-order valence-electron chi connectivity index (χ4n) is 0.747. The topological polar surface area (TPSA) is 66.5 Å². The molecule has 1 heterocycles. The normalized spacial score (nSPS) is 16.5. The molecular formula is C6H8N2O3. The van der Waals surface area contributed by atoms with Gasteiger partial charge in [0.25, 0.3) is 11.8 Å². The third-order valence-electron chi connectivity index (χ3n) is 1.33. The molecule has 0 aromatic carbocycles. The van der Waals surface area contributed by atoms with Gasteiger partial charge in [0, 0.05) is 13.0 Å². The molecule has 0 aromatic rings. The molecule has 1 fully saturated rings. The van der Waals surface area contributed by atoms with Gasteiger partial charge in [-0.15, -0.1) is 0 Å². The maximum atomic E-state index is 10.6. The van der Waals surface area contributed by atoms with E-state index in [0.29, 0.717) is 13.0 Å². The molecule has 60 valence electrons. The van der Waals surface area contributed by atoms with E-state index >= 15 is 0 Å². The van der Waals surface area contributed by atoms with Gasteiger partial charge in [-0.2, -0.15) is 0 Å². The first kappa shape index (κ1) is 7.87. The van der Waals surface area contributed by atoms with E-state index in [4.69, 9.17) is 0 Å². The minimum absolute atomic E-state index is 0.0198. The van der Waals surface area contributed by atoms with E-state index in [-0.39, 0.29) is 18.2 Å². The van der Waals surface area contributed by atoms with Crippen molar-refractivity contribution in [2.24, 2.45) is 0 Å². The van der Waals surface area contributed by atoms with Crippen molar-refractivity contribution in [2.75, 3.05) is 6.54 Å². The van der Waals surface area contributed by atoms with Gasteiger partial charge in [0.1, 0.15) is 12.7 Å². The van der Waals surface area contributed by atoms with Crippen molar-refractivity contribution in [1.82, 2.24) is 10.4 Å². The molecule has 1 N–H and O–H groups in total. The van der Waals surface area contributed by atoms with E-state index in [1.807, 2.05) is 0 Å². The third-order valence-corrected chi connectivity index (χ3v) is 1.33. The van der Waals surface area contributed by atoms with Crippen LogP contribution in [0.15, 0.2) is 0 Å². The van der Waals surface area contributed by atoms with Gasteiger partial charge in [-0.05, 0) is 0 Å². The molecule has 1 rings (SSSR count). The number of imide groups is 1. The Labute approximate surface area is 63.3 Å². The number of carbonyl (C=O) groups excluding carboxylic acids is 3. The standard InChI is InChI=1S/C6H8N2O3/c9-3-1-2-7-8-5(10)4-6(8)11/h3,7H,1-2,4H2. The van der Waals surface area contributed by atoms with Crippen molar-refractivity contribution in [2.45, 2.75) is 12.8 Å². The van der Waals surface area contributed by atoms with E-state index in [2.05, 4.69) is 5.43 Å². The quantitative estimate of drug-likeness (QED) is 0.241. The number of aldehydes is 1. The maximum Gasteiger partial charge on any atom is 0.253 e. The van der Waals surface area contributed by atoms with E-state index in [1.54, 1.807) is 0 Å². The minimum Gasteiger partial charge on any atom is -0.303 e. The summed E-state index contributed by atoms with van der Waals surface area (Å²) in [5, 5.41) is 0.934. The Balaban J connectivity index is 2.20. The summed E-state index contributed by atoms with van der Waals surface area (Å²) >= 11 is 0. The van der Waals surface area contributed by atoms with Crippen LogP contribution in [-0.4, -0.2) is 29.7 Å². The Hall–Kier alpha value is -1.23. The minimum atomic E-state index is -0.235. The number of hydrazine groups is 1. The monoisotopic (exact) mass is 156 g/mol. The number of carbonyl (C=O) groups is 3. The van der Waals surface area contributed by atoms with Crippen LogP contribution < -0.4 is 5.43 Å². The van der Waals surface area contributed by atoms with Crippen molar-refractivity contribution in [3.63, 3.8) is 0 Å². The molecule has 0 bridgehead atoms. The first-order valence-corrected chi connectivity index (χ1v) is 3.28. The van der Waals surface area contributed by atoms with E-state index in [0.717, 1.165) is 11.3 Å². The molecule has 1 saturated heterocycles. The van der Waals surface area contributed by atoms with Crippen LogP contribution in [0.2, 0.25) is 0 Å². The van der Waals surface area contributed by atoms with Gasteiger partial charge in [-0.3, -0.25) is 9.59 Å².